The summed E-state index contributed by atoms with van der Waals surface area (Å²) >= 11 is 0. The smallest absolute Gasteiger partial charge is 0.322 e. The van der Waals surface area contributed by atoms with Crippen molar-refractivity contribution in [2.24, 2.45) is 5.92 Å². The summed E-state index contributed by atoms with van der Waals surface area (Å²) in [7, 11) is 0. The molecule has 0 unspecified atom stereocenters. The maximum absolute atomic E-state index is 11.6. The van der Waals surface area contributed by atoms with Crippen LogP contribution in [0.25, 0.3) is 0 Å². The summed E-state index contributed by atoms with van der Waals surface area (Å²) in [6.07, 6.45) is 1.18. The van der Waals surface area contributed by atoms with Crippen molar-refractivity contribution in [3.8, 4) is 0 Å². The molecule has 1 fully saturated rings. The Balaban J connectivity index is 2.59. The van der Waals surface area contributed by atoms with Gasteiger partial charge in [0.1, 0.15) is 0 Å². The fourth-order valence-electron chi connectivity index (χ4n) is 1.51. The van der Waals surface area contributed by atoms with E-state index in [-0.39, 0.29) is 11.9 Å². The van der Waals surface area contributed by atoms with Gasteiger partial charge in [0.2, 0.25) is 0 Å². The van der Waals surface area contributed by atoms with Gasteiger partial charge in [0, 0.05) is 19.6 Å². The summed E-state index contributed by atoms with van der Waals surface area (Å²) in [4.78, 5) is 25.8. The monoisotopic (exact) mass is 196 g/mol. The Kier molecular flexibility index (Phi) is 3.28. The first-order chi connectivity index (χ1) is 6.56. The zero-order valence-corrected chi connectivity index (χ0v) is 8.69. The van der Waals surface area contributed by atoms with E-state index < -0.39 is 0 Å². The van der Waals surface area contributed by atoms with Gasteiger partial charge in [0.25, 0.3) is 5.91 Å². The number of rotatable bonds is 3. The predicted molar refractivity (Wildman–Crippen MR) is 53.7 cm³/mol. The van der Waals surface area contributed by atoms with Crippen LogP contribution in [0, 0.1) is 5.92 Å². The van der Waals surface area contributed by atoms with Crippen molar-refractivity contribution in [1.29, 1.82) is 0 Å². The average molecular weight is 196 g/mol. The zero-order valence-electron chi connectivity index (χ0n) is 8.69. The molecule has 0 N–H and O–H groups in total. The Morgan fingerprint density at radius 3 is 2.71 bits per heavy atom. The molecule has 0 bridgehead atoms. The van der Waals surface area contributed by atoms with Gasteiger partial charge in [0.05, 0.1) is 0 Å². The second-order valence-electron chi connectivity index (χ2n) is 3.82. The Bertz CT molecular complexity index is 261. The van der Waals surface area contributed by atoms with Gasteiger partial charge in [-0.05, 0) is 12.0 Å². The molecule has 0 aromatic heterocycles. The van der Waals surface area contributed by atoms with Gasteiger partial charge in [0.15, 0.2) is 0 Å². The Morgan fingerprint density at radius 1 is 1.57 bits per heavy atom. The minimum Gasteiger partial charge on any atom is -0.322 e. The molecule has 0 aromatic rings. The molecular weight excluding hydrogens is 180 g/mol. The second-order valence-corrected chi connectivity index (χ2v) is 3.82. The van der Waals surface area contributed by atoms with Gasteiger partial charge in [-0.3, -0.25) is 9.69 Å². The molecule has 1 rings (SSSR count). The molecular formula is C10H16N2O2. The number of imide groups is 1. The molecule has 0 radical (unpaired) electrons. The van der Waals surface area contributed by atoms with Crippen LogP contribution in [0.2, 0.25) is 0 Å². The largest absolute Gasteiger partial charge is 0.327 e. The predicted octanol–water partition coefficient (Wildman–Crippen LogP) is 1.09. The van der Waals surface area contributed by atoms with Gasteiger partial charge in [-0.15, -0.1) is 0 Å². The van der Waals surface area contributed by atoms with Crippen molar-refractivity contribution >= 4 is 11.9 Å². The van der Waals surface area contributed by atoms with E-state index in [0.29, 0.717) is 25.6 Å². The number of carbonyl (C=O) groups excluding carboxylic acids is 2. The van der Waals surface area contributed by atoms with Gasteiger partial charge < -0.3 is 4.90 Å². The standard InChI is InChI=1S/C10H16N2O2/c1-4-9(13)12-6-5-11(10(12)14)7-8(2)3/h4,8H,1,5-7H2,2-3H3. The second kappa shape index (κ2) is 4.26. The maximum Gasteiger partial charge on any atom is 0.327 e. The first-order valence-corrected chi connectivity index (χ1v) is 4.79. The first kappa shape index (κ1) is 10.8. The molecule has 1 aliphatic heterocycles. The lowest BCUT2D eigenvalue weighted by atomic mass is 10.2. The normalized spacial score (nSPS) is 16.6. The zero-order chi connectivity index (χ0) is 10.7. The van der Waals surface area contributed by atoms with Gasteiger partial charge in [-0.1, -0.05) is 20.4 Å². The molecule has 1 aliphatic rings. The fourth-order valence-corrected chi connectivity index (χ4v) is 1.51. The molecule has 0 aromatic carbocycles. The molecule has 4 heteroatoms. The molecule has 1 heterocycles. The molecule has 78 valence electrons. The number of nitrogens with zero attached hydrogens (tertiary/aromatic N) is 2. The SMILES string of the molecule is C=CC(=O)N1CCN(CC(C)C)C1=O. The van der Waals surface area contributed by atoms with Crippen molar-refractivity contribution in [2.75, 3.05) is 19.6 Å². The fraction of sp³-hybridized carbons (Fsp3) is 0.600. The lowest BCUT2D eigenvalue weighted by Crippen LogP contribution is -2.36. The highest BCUT2D eigenvalue weighted by atomic mass is 16.2. The molecule has 14 heavy (non-hydrogen) atoms. The van der Waals surface area contributed by atoms with E-state index in [4.69, 9.17) is 0 Å². The highest BCUT2D eigenvalue weighted by molar-refractivity contribution is 6.01. The minimum atomic E-state index is -0.304. The van der Waals surface area contributed by atoms with E-state index in [1.165, 1.54) is 11.0 Å². The third kappa shape index (κ3) is 2.13. The highest BCUT2D eigenvalue weighted by Crippen LogP contribution is 2.11. The third-order valence-corrected chi connectivity index (χ3v) is 2.12. The number of hydrogen-bond acceptors (Lipinski definition) is 2. The molecule has 0 aliphatic carbocycles. The molecule has 0 saturated carbocycles. The van der Waals surface area contributed by atoms with E-state index in [1.54, 1.807) is 4.90 Å². The van der Waals surface area contributed by atoms with Crippen molar-refractivity contribution in [2.45, 2.75) is 13.8 Å². The summed E-state index contributed by atoms with van der Waals surface area (Å²) < 4.78 is 0. The first-order valence-electron chi connectivity index (χ1n) is 4.79. The maximum atomic E-state index is 11.6. The van der Waals surface area contributed by atoms with Crippen LogP contribution in [0.3, 0.4) is 0 Å². The summed E-state index contributed by atoms with van der Waals surface area (Å²) in [5.41, 5.74) is 0. The van der Waals surface area contributed by atoms with Crippen molar-refractivity contribution in [3.63, 3.8) is 0 Å². The van der Waals surface area contributed by atoms with Crippen molar-refractivity contribution < 1.29 is 9.59 Å². The summed E-state index contributed by atoms with van der Waals surface area (Å²) in [5.74, 6) is 0.124. The molecule has 0 spiro atoms. The van der Waals surface area contributed by atoms with E-state index in [9.17, 15) is 9.59 Å². The minimum absolute atomic E-state index is 0.191. The van der Waals surface area contributed by atoms with E-state index in [1.807, 2.05) is 13.8 Å². The number of amides is 3. The summed E-state index contributed by atoms with van der Waals surface area (Å²) in [6, 6.07) is -0.191. The van der Waals surface area contributed by atoms with Crippen LogP contribution in [0.5, 0.6) is 0 Å². The molecule has 3 amide bonds. The van der Waals surface area contributed by atoms with Crippen LogP contribution >= 0.6 is 0 Å². The van der Waals surface area contributed by atoms with Crippen LogP contribution in [-0.4, -0.2) is 41.4 Å². The number of urea groups is 1. The lowest BCUT2D eigenvalue weighted by molar-refractivity contribution is -0.122. The van der Waals surface area contributed by atoms with Gasteiger partial charge in [-0.2, -0.15) is 0 Å². The number of carbonyl (C=O) groups is 2. The van der Waals surface area contributed by atoms with Crippen LogP contribution < -0.4 is 0 Å². The summed E-state index contributed by atoms with van der Waals surface area (Å²) in [5, 5.41) is 0. The van der Waals surface area contributed by atoms with Crippen LogP contribution in [0.4, 0.5) is 4.79 Å². The van der Waals surface area contributed by atoms with Crippen LogP contribution in [0.1, 0.15) is 13.8 Å². The Morgan fingerprint density at radius 2 is 2.21 bits per heavy atom. The van der Waals surface area contributed by atoms with Gasteiger partial charge >= 0.3 is 6.03 Å². The van der Waals surface area contributed by atoms with E-state index >= 15 is 0 Å². The van der Waals surface area contributed by atoms with Crippen molar-refractivity contribution in [3.05, 3.63) is 12.7 Å². The Hall–Kier alpha value is -1.32. The Labute approximate surface area is 84.2 Å². The van der Waals surface area contributed by atoms with Crippen LogP contribution in [0.15, 0.2) is 12.7 Å². The highest BCUT2D eigenvalue weighted by Gasteiger charge is 2.31. The van der Waals surface area contributed by atoms with Crippen molar-refractivity contribution in [1.82, 2.24) is 9.80 Å². The number of hydrogen-bond donors (Lipinski definition) is 0. The lowest BCUT2D eigenvalue weighted by Gasteiger charge is -2.18. The van der Waals surface area contributed by atoms with Gasteiger partial charge in [-0.25, -0.2) is 4.79 Å². The summed E-state index contributed by atoms with van der Waals surface area (Å²) in [6.45, 7) is 9.28. The topological polar surface area (TPSA) is 40.6 Å². The van der Waals surface area contributed by atoms with Crippen LogP contribution in [-0.2, 0) is 4.79 Å². The van der Waals surface area contributed by atoms with E-state index in [2.05, 4.69) is 6.58 Å². The quantitative estimate of drug-likeness (QED) is 0.634. The van der Waals surface area contributed by atoms with E-state index in [0.717, 1.165) is 0 Å². The molecule has 1 saturated heterocycles. The average Bonchev–Trinajstić information content (AvgIpc) is 2.46. The molecule has 4 nitrogen and oxygen atoms in total. The molecule has 0 atom stereocenters. The third-order valence-electron chi connectivity index (χ3n) is 2.12.